The number of carbonyl (C=O) groups is 1. The average molecular weight is 367 g/mol. The third-order valence-corrected chi connectivity index (χ3v) is 4.23. The molecular weight excluding hydrogens is 352 g/mol. The normalized spacial score (nSPS) is 13.1. The van der Waals surface area contributed by atoms with Gasteiger partial charge < -0.3 is 14.8 Å². The molecule has 0 fully saturated rings. The number of hydrogen-bond donors (Lipinski definition) is 1. The number of rotatable bonds is 3. The molecule has 26 heavy (non-hydrogen) atoms. The Morgan fingerprint density at radius 2 is 2.04 bits per heavy atom. The lowest BCUT2D eigenvalue weighted by Gasteiger charge is -2.19. The van der Waals surface area contributed by atoms with Gasteiger partial charge in [0.05, 0.1) is 16.2 Å². The molecule has 1 amide bonds. The van der Waals surface area contributed by atoms with Gasteiger partial charge in [0, 0.05) is 17.7 Å². The second-order valence-corrected chi connectivity index (χ2v) is 6.13. The maximum atomic E-state index is 12.3. The summed E-state index contributed by atoms with van der Waals surface area (Å²) in [7, 11) is 0. The van der Waals surface area contributed by atoms with Crippen LogP contribution in [0, 0.1) is 0 Å². The monoisotopic (exact) mass is 366 g/mol. The first-order valence-electron chi connectivity index (χ1n) is 8.13. The van der Waals surface area contributed by atoms with E-state index in [1.54, 1.807) is 24.4 Å². The van der Waals surface area contributed by atoms with E-state index >= 15 is 0 Å². The molecule has 1 N–H and O–H groups in total. The zero-order chi connectivity index (χ0) is 17.9. The summed E-state index contributed by atoms with van der Waals surface area (Å²) < 4.78 is 11.0. The van der Waals surface area contributed by atoms with Crippen LogP contribution in [0.2, 0.25) is 5.02 Å². The van der Waals surface area contributed by atoms with Gasteiger partial charge in [-0.15, -0.1) is 0 Å². The van der Waals surface area contributed by atoms with Crippen molar-refractivity contribution in [3.05, 3.63) is 65.3 Å². The summed E-state index contributed by atoms with van der Waals surface area (Å²) in [6.45, 7) is 0.955. The van der Waals surface area contributed by atoms with Crippen LogP contribution in [-0.4, -0.2) is 24.1 Å². The molecule has 0 aliphatic carbocycles. The molecule has 1 aliphatic heterocycles. The number of benzene rings is 2. The fraction of sp³-hybridized carbons (Fsp3) is 0.100. The van der Waals surface area contributed by atoms with Gasteiger partial charge in [-0.05, 0) is 48.0 Å². The van der Waals surface area contributed by atoms with Crippen molar-refractivity contribution in [1.82, 2.24) is 4.98 Å². The maximum Gasteiger partial charge on any atom is 0.248 e. The quantitative estimate of drug-likeness (QED) is 0.701. The second kappa shape index (κ2) is 7.06. The molecule has 2 heterocycles. The molecular formula is C20H15ClN2O3. The third kappa shape index (κ3) is 3.34. The molecule has 2 aromatic carbocycles. The number of hydrogen-bond acceptors (Lipinski definition) is 4. The third-order valence-electron chi connectivity index (χ3n) is 3.95. The number of nitrogens with zero attached hydrogens (tertiary/aromatic N) is 1. The van der Waals surface area contributed by atoms with Gasteiger partial charge in [-0.1, -0.05) is 17.7 Å². The summed E-state index contributed by atoms with van der Waals surface area (Å²) in [5.41, 5.74) is 2.30. The predicted octanol–water partition coefficient (Wildman–Crippen LogP) is 4.31. The molecule has 5 nitrogen and oxygen atoms in total. The Bertz CT molecular complexity index is 1010. The van der Waals surface area contributed by atoms with Crippen LogP contribution in [0.1, 0.15) is 5.56 Å². The molecule has 130 valence electrons. The Hall–Kier alpha value is -3.05. The average Bonchev–Trinajstić information content (AvgIpc) is 2.67. The van der Waals surface area contributed by atoms with E-state index in [4.69, 9.17) is 21.1 Å². The van der Waals surface area contributed by atoms with Gasteiger partial charge in [0.1, 0.15) is 13.2 Å². The van der Waals surface area contributed by atoms with Crippen molar-refractivity contribution in [3.63, 3.8) is 0 Å². The fourth-order valence-electron chi connectivity index (χ4n) is 2.79. The van der Waals surface area contributed by atoms with E-state index in [0.29, 0.717) is 35.4 Å². The van der Waals surface area contributed by atoms with Crippen LogP contribution in [0.4, 0.5) is 5.69 Å². The van der Waals surface area contributed by atoms with Gasteiger partial charge in [0.2, 0.25) is 5.91 Å². The van der Waals surface area contributed by atoms with Crippen LogP contribution in [0.3, 0.4) is 0 Å². The van der Waals surface area contributed by atoms with E-state index in [0.717, 1.165) is 16.5 Å². The number of fused-ring (bicyclic) bond motifs is 2. The summed E-state index contributed by atoms with van der Waals surface area (Å²) in [5.74, 6) is 0.888. The minimum atomic E-state index is -0.243. The fourth-order valence-corrected chi connectivity index (χ4v) is 3.06. The van der Waals surface area contributed by atoms with Gasteiger partial charge in [-0.3, -0.25) is 9.78 Å². The Morgan fingerprint density at radius 1 is 1.15 bits per heavy atom. The highest BCUT2D eigenvalue weighted by molar-refractivity contribution is 6.32. The number of aromatic nitrogens is 1. The predicted molar refractivity (Wildman–Crippen MR) is 102 cm³/mol. The largest absolute Gasteiger partial charge is 0.486 e. The topological polar surface area (TPSA) is 60.5 Å². The molecule has 0 atom stereocenters. The number of halogens is 1. The zero-order valence-corrected chi connectivity index (χ0v) is 14.5. The highest BCUT2D eigenvalue weighted by atomic mass is 35.5. The van der Waals surface area contributed by atoms with Gasteiger partial charge in [0.25, 0.3) is 0 Å². The van der Waals surface area contributed by atoms with E-state index in [-0.39, 0.29) is 5.91 Å². The molecule has 0 saturated heterocycles. The Morgan fingerprint density at radius 3 is 2.96 bits per heavy atom. The Balaban J connectivity index is 1.54. The summed E-state index contributed by atoms with van der Waals surface area (Å²) in [5, 5.41) is 4.23. The summed E-state index contributed by atoms with van der Waals surface area (Å²) in [6.07, 6.45) is 4.86. The summed E-state index contributed by atoms with van der Waals surface area (Å²) in [4.78, 5) is 16.6. The van der Waals surface area contributed by atoms with Crippen molar-refractivity contribution >= 4 is 40.2 Å². The summed E-state index contributed by atoms with van der Waals surface area (Å²) >= 11 is 6.21. The lowest BCUT2D eigenvalue weighted by molar-refractivity contribution is -0.111. The van der Waals surface area contributed by atoms with Crippen molar-refractivity contribution in [3.8, 4) is 11.5 Å². The highest BCUT2D eigenvalue weighted by Gasteiger charge is 2.16. The standard InChI is InChI=1S/C20H15ClN2O3/c21-15-11-13(12-18-20(15)26-10-9-25-18)6-7-19(24)23-17-5-1-4-16-14(17)3-2-8-22-16/h1-8,11-12H,9-10H2,(H,23,24). The van der Waals surface area contributed by atoms with Crippen molar-refractivity contribution in [1.29, 1.82) is 0 Å². The van der Waals surface area contributed by atoms with Crippen LogP contribution in [0.15, 0.2) is 54.7 Å². The molecule has 0 unspecified atom stereocenters. The maximum absolute atomic E-state index is 12.3. The van der Waals surface area contributed by atoms with Crippen molar-refractivity contribution in [2.45, 2.75) is 0 Å². The Labute approximate surface area is 155 Å². The van der Waals surface area contributed by atoms with Crippen LogP contribution < -0.4 is 14.8 Å². The lowest BCUT2D eigenvalue weighted by atomic mass is 10.1. The van der Waals surface area contributed by atoms with E-state index in [2.05, 4.69) is 10.3 Å². The number of ether oxygens (including phenoxy) is 2. The molecule has 0 bridgehead atoms. The minimum absolute atomic E-state index is 0.243. The van der Waals surface area contributed by atoms with Gasteiger partial charge in [0.15, 0.2) is 11.5 Å². The van der Waals surface area contributed by atoms with Crippen molar-refractivity contribution < 1.29 is 14.3 Å². The zero-order valence-electron chi connectivity index (χ0n) is 13.7. The molecule has 0 saturated carbocycles. The molecule has 3 aromatic rings. The van der Waals surface area contributed by atoms with E-state index in [1.807, 2.05) is 30.3 Å². The summed E-state index contributed by atoms with van der Waals surface area (Å²) in [6, 6.07) is 12.9. The van der Waals surface area contributed by atoms with Crippen LogP contribution >= 0.6 is 11.6 Å². The van der Waals surface area contributed by atoms with Crippen LogP contribution in [0.25, 0.3) is 17.0 Å². The van der Waals surface area contributed by atoms with E-state index < -0.39 is 0 Å². The van der Waals surface area contributed by atoms with E-state index in [1.165, 1.54) is 6.08 Å². The van der Waals surface area contributed by atoms with E-state index in [9.17, 15) is 4.79 Å². The Kier molecular flexibility index (Phi) is 4.46. The van der Waals surface area contributed by atoms with Crippen molar-refractivity contribution in [2.75, 3.05) is 18.5 Å². The number of nitrogens with one attached hydrogen (secondary N) is 1. The first kappa shape index (κ1) is 16.4. The molecule has 6 heteroatoms. The molecule has 0 spiro atoms. The SMILES string of the molecule is O=C(C=Cc1cc(Cl)c2c(c1)OCCO2)Nc1cccc2ncccc12. The van der Waals surface area contributed by atoms with Crippen molar-refractivity contribution in [2.24, 2.45) is 0 Å². The van der Waals surface area contributed by atoms with Crippen LogP contribution in [-0.2, 0) is 4.79 Å². The van der Waals surface area contributed by atoms with Gasteiger partial charge >= 0.3 is 0 Å². The number of anilines is 1. The van der Waals surface area contributed by atoms with Gasteiger partial charge in [-0.2, -0.15) is 0 Å². The minimum Gasteiger partial charge on any atom is -0.486 e. The first-order chi connectivity index (χ1) is 12.7. The highest BCUT2D eigenvalue weighted by Crippen LogP contribution is 2.38. The second-order valence-electron chi connectivity index (χ2n) is 5.73. The smallest absolute Gasteiger partial charge is 0.248 e. The number of amides is 1. The molecule has 1 aliphatic rings. The number of pyridine rings is 1. The van der Waals surface area contributed by atoms with Gasteiger partial charge in [-0.25, -0.2) is 0 Å². The molecule has 1 aromatic heterocycles. The lowest BCUT2D eigenvalue weighted by Crippen LogP contribution is -2.15. The molecule has 4 rings (SSSR count). The van der Waals surface area contributed by atoms with Crippen LogP contribution in [0.5, 0.6) is 11.5 Å². The molecule has 0 radical (unpaired) electrons. The number of carbonyl (C=O) groups excluding carboxylic acids is 1. The first-order valence-corrected chi connectivity index (χ1v) is 8.50.